The highest BCUT2D eigenvalue weighted by Gasteiger charge is 2.33. The Hall–Kier alpha value is -2.30. The number of Topliss-reactive ketones (excluding diaryl/α,β-unsaturated/α-hetero) is 1. The molecule has 3 rings (SSSR count). The van der Waals surface area contributed by atoms with Gasteiger partial charge in [0.2, 0.25) is 0 Å². The molecule has 5 heteroatoms. The first-order valence-electron chi connectivity index (χ1n) is 8.46. The van der Waals surface area contributed by atoms with Crippen molar-refractivity contribution in [2.75, 3.05) is 5.32 Å². The van der Waals surface area contributed by atoms with E-state index < -0.39 is 11.7 Å². The van der Waals surface area contributed by atoms with Crippen molar-refractivity contribution in [2.24, 2.45) is 5.92 Å². The quantitative estimate of drug-likeness (QED) is 0.778. The molecule has 0 bridgehead atoms. The number of rotatable bonds is 4. The first kappa shape index (κ1) is 17.5. The molecule has 0 heterocycles. The summed E-state index contributed by atoms with van der Waals surface area (Å²) in [6.45, 7) is 0. The first-order valence-corrected chi connectivity index (χ1v) is 8.46. The van der Waals surface area contributed by atoms with E-state index in [2.05, 4.69) is 5.32 Å². The van der Waals surface area contributed by atoms with Crippen LogP contribution < -0.4 is 5.32 Å². The van der Waals surface area contributed by atoms with Crippen molar-refractivity contribution in [3.63, 3.8) is 0 Å². The van der Waals surface area contributed by atoms with Crippen LogP contribution in [-0.4, -0.2) is 5.78 Å². The van der Waals surface area contributed by atoms with Gasteiger partial charge in [-0.1, -0.05) is 36.8 Å². The predicted molar refractivity (Wildman–Crippen MR) is 91.2 cm³/mol. The van der Waals surface area contributed by atoms with E-state index >= 15 is 0 Å². The lowest BCUT2D eigenvalue weighted by atomic mass is 9.80. The molecule has 2 aromatic carbocycles. The summed E-state index contributed by atoms with van der Waals surface area (Å²) >= 11 is 0. The smallest absolute Gasteiger partial charge is 0.378 e. The third-order valence-electron chi connectivity index (χ3n) is 4.70. The minimum absolute atomic E-state index is 0.180. The second-order valence-electron chi connectivity index (χ2n) is 6.43. The Labute approximate surface area is 145 Å². The molecule has 2 aromatic rings. The average molecular weight is 347 g/mol. The molecular formula is C20H20F3NO. The maximum atomic E-state index is 12.8. The van der Waals surface area contributed by atoms with E-state index in [4.69, 9.17) is 0 Å². The minimum atomic E-state index is -4.36. The van der Waals surface area contributed by atoms with Crippen molar-refractivity contribution >= 4 is 11.5 Å². The summed E-state index contributed by atoms with van der Waals surface area (Å²) in [6.07, 6.45) is -1.21. The lowest BCUT2D eigenvalue weighted by Crippen LogP contribution is -2.30. The monoisotopic (exact) mass is 347 g/mol. The molecule has 0 spiro atoms. The fraction of sp³-hybridized carbons (Fsp3) is 0.350. The molecule has 2 nitrogen and oxygen atoms in total. The van der Waals surface area contributed by atoms with Crippen LogP contribution in [0, 0.1) is 5.92 Å². The number of hydrogen-bond donors (Lipinski definition) is 1. The fourth-order valence-electron chi connectivity index (χ4n) is 3.37. The molecule has 0 amide bonds. The number of benzene rings is 2. The van der Waals surface area contributed by atoms with Crippen LogP contribution in [0.5, 0.6) is 0 Å². The molecule has 2 atom stereocenters. The van der Waals surface area contributed by atoms with Gasteiger partial charge < -0.3 is 5.32 Å². The largest absolute Gasteiger partial charge is 0.416 e. The van der Waals surface area contributed by atoms with Crippen LogP contribution in [0.25, 0.3) is 0 Å². The summed E-state index contributed by atoms with van der Waals surface area (Å²) in [5.41, 5.74) is 0.882. The Morgan fingerprint density at radius 2 is 1.64 bits per heavy atom. The topological polar surface area (TPSA) is 29.1 Å². The second-order valence-corrected chi connectivity index (χ2v) is 6.43. The van der Waals surface area contributed by atoms with Gasteiger partial charge in [0.25, 0.3) is 0 Å². The highest BCUT2D eigenvalue weighted by atomic mass is 19.4. The number of carbonyl (C=O) groups is 1. The minimum Gasteiger partial charge on any atom is -0.378 e. The third kappa shape index (κ3) is 4.21. The number of anilines is 1. The number of nitrogens with one attached hydrogen (secondary N) is 1. The molecular weight excluding hydrogens is 327 g/mol. The van der Waals surface area contributed by atoms with E-state index in [1.165, 1.54) is 12.1 Å². The maximum absolute atomic E-state index is 12.8. The molecule has 25 heavy (non-hydrogen) atoms. The number of hydrogen-bond acceptors (Lipinski definition) is 2. The number of halogens is 3. The predicted octanol–water partition coefficient (Wildman–Crippen LogP) is 5.62. The number of carbonyl (C=O) groups excluding carboxylic acids is 1. The van der Waals surface area contributed by atoms with Gasteiger partial charge in [0.05, 0.1) is 11.6 Å². The van der Waals surface area contributed by atoms with Crippen LogP contribution in [0.4, 0.5) is 18.9 Å². The van der Waals surface area contributed by atoms with E-state index in [-0.39, 0.29) is 17.7 Å². The summed E-state index contributed by atoms with van der Waals surface area (Å²) in [5.74, 6) is -0.0368. The number of para-hydroxylation sites is 1. The van der Waals surface area contributed by atoms with Crippen molar-refractivity contribution in [3.05, 3.63) is 65.7 Å². The molecule has 1 fully saturated rings. The molecule has 1 aliphatic rings. The van der Waals surface area contributed by atoms with Gasteiger partial charge in [0.15, 0.2) is 0 Å². The Bertz CT molecular complexity index is 710. The molecule has 1 aliphatic carbocycles. The van der Waals surface area contributed by atoms with Crippen molar-refractivity contribution < 1.29 is 18.0 Å². The third-order valence-corrected chi connectivity index (χ3v) is 4.70. The first-order chi connectivity index (χ1) is 11.9. The van der Waals surface area contributed by atoms with Crippen molar-refractivity contribution in [1.29, 1.82) is 0 Å². The van der Waals surface area contributed by atoms with Crippen LogP contribution in [0.2, 0.25) is 0 Å². The zero-order chi connectivity index (χ0) is 17.9. The van der Waals surface area contributed by atoms with Crippen molar-refractivity contribution in [1.82, 2.24) is 0 Å². The zero-order valence-corrected chi connectivity index (χ0v) is 13.7. The van der Waals surface area contributed by atoms with Crippen molar-refractivity contribution in [2.45, 2.75) is 37.9 Å². The van der Waals surface area contributed by atoms with Gasteiger partial charge in [-0.2, -0.15) is 13.2 Å². The summed E-state index contributed by atoms with van der Waals surface area (Å²) in [7, 11) is 0. The maximum Gasteiger partial charge on any atom is 0.416 e. The van der Waals surface area contributed by atoms with Gasteiger partial charge in [-0.15, -0.1) is 0 Å². The Morgan fingerprint density at radius 1 is 0.960 bits per heavy atom. The van der Waals surface area contributed by atoms with Crippen LogP contribution in [0.3, 0.4) is 0 Å². The number of ketones is 1. The molecule has 0 aromatic heterocycles. The van der Waals surface area contributed by atoms with Crippen LogP contribution in [-0.2, 0) is 11.0 Å². The lowest BCUT2D eigenvalue weighted by molar-refractivity contribution is -0.137. The molecule has 1 N–H and O–H groups in total. The molecule has 132 valence electrons. The van der Waals surface area contributed by atoms with Gasteiger partial charge in [0.1, 0.15) is 5.78 Å². The summed E-state index contributed by atoms with van der Waals surface area (Å²) in [6, 6.07) is 14.3. The van der Waals surface area contributed by atoms with Gasteiger partial charge in [-0.05, 0) is 42.7 Å². The fourth-order valence-corrected chi connectivity index (χ4v) is 3.37. The normalized spacial score (nSPS) is 19.5. The van der Waals surface area contributed by atoms with Crippen LogP contribution in [0.15, 0.2) is 54.6 Å². The van der Waals surface area contributed by atoms with Crippen LogP contribution in [0.1, 0.15) is 42.9 Å². The zero-order valence-electron chi connectivity index (χ0n) is 13.7. The van der Waals surface area contributed by atoms with E-state index in [9.17, 15) is 18.0 Å². The molecule has 0 aliphatic heterocycles. The van der Waals surface area contributed by atoms with Crippen molar-refractivity contribution in [3.8, 4) is 0 Å². The van der Waals surface area contributed by atoms with Crippen LogP contribution >= 0.6 is 0 Å². The Balaban J connectivity index is 1.91. The standard InChI is InChI=1S/C20H20F3NO/c21-20(22,23)15-12-10-14(11-13-15)19(17-8-4-5-9-18(17)25)24-16-6-2-1-3-7-16/h1-3,6-7,10-13,17,19,24H,4-5,8-9H2/t17-,19+/m1/s1. The Kier molecular flexibility index (Phi) is 5.11. The van der Waals surface area contributed by atoms with Gasteiger partial charge in [-0.3, -0.25) is 4.79 Å². The van der Waals surface area contributed by atoms with E-state index in [1.807, 2.05) is 30.3 Å². The highest BCUT2D eigenvalue weighted by Crippen LogP contribution is 2.36. The Morgan fingerprint density at radius 3 is 2.24 bits per heavy atom. The summed E-state index contributed by atoms with van der Waals surface area (Å²) in [4.78, 5) is 12.4. The van der Waals surface area contributed by atoms with Gasteiger partial charge >= 0.3 is 6.18 Å². The van der Waals surface area contributed by atoms with E-state index in [1.54, 1.807) is 0 Å². The summed E-state index contributed by atoms with van der Waals surface area (Å²) in [5, 5.41) is 3.35. The SMILES string of the molecule is O=C1CCCC[C@H]1[C@@H](Nc1ccccc1)c1ccc(C(F)(F)F)cc1. The molecule has 0 unspecified atom stereocenters. The molecule has 0 radical (unpaired) electrons. The van der Waals surface area contributed by atoms with E-state index in [0.717, 1.165) is 37.1 Å². The highest BCUT2D eigenvalue weighted by molar-refractivity contribution is 5.83. The van der Waals surface area contributed by atoms with Gasteiger partial charge in [0, 0.05) is 18.0 Å². The van der Waals surface area contributed by atoms with E-state index in [0.29, 0.717) is 12.0 Å². The lowest BCUT2D eigenvalue weighted by Gasteiger charge is -2.31. The second kappa shape index (κ2) is 7.30. The average Bonchev–Trinajstić information content (AvgIpc) is 2.61. The molecule has 1 saturated carbocycles. The summed E-state index contributed by atoms with van der Waals surface area (Å²) < 4.78 is 38.4. The van der Waals surface area contributed by atoms with Gasteiger partial charge in [-0.25, -0.2) is 0 Å². The molecule has 0 saturated heterocycles. The number of alkyl halides is 3.